The second-order valence-electron chi connectivity index (χ2n) is 2.55. The van der Waals surface area contributed by atoms with Crippen molar-refractivity contribution in [2.75, 3.05) is 11.8 Å². The fourth-order valence-corrected chi connectivity index (χ4v) is 1.05. The molecular formula is C8H12Cl2O2. The van der Waals surface area contributed by atoms with Crippen LogP contribution in [-0.2, 0) is 9.59 Å². The molecule has 0 aliphatic carbocycles. The molecule has 0 saturated heterocycles. The van der Waals surface area contributed by atoms with Crippen molar-refractivity contribution in [1.29, 1.82) is 0 Å². The van der Waals surface area contributed by atoms with Crippen LogP contribution in [0.3, 0.4) is 0 Å². The average molecular weight is 211 g/mol. The molecular weight excluding hydrogens is 199 g/mol. The van der Waals surface area contributed by atoms with Gasteiger partial charge in [-0.25, -0.2) is 0 Å². The molecule has 0 aliphatic rings. The number of carbonyl (C=O) groups is 2. The van der Waals surface area contributed by atoms with Crippen molar-refractivity contribution in [2.24, 2.45) is 0 Å². The Bertz CT molecular complexity index is 139. The van der Waals surface area contributed by atoms with E-state index in [1.165, 1.54) is 0 Å². The molecule has 0 spiro atoms. The Morgan fingerprint density at radius 1 is 0.833 bits per heavy atom. The summed E-state index contributed by atoms with van der Waals surface area (Å²) in [7, 11) is 0. The molecule has 0 aromatic rings. The molecule has 12 heavy (non-hydrogen) atoms. The average Bonchev–Trinajstić information content (AvgIpc) is 2.11. The Kier molecular flexibility index (Phi) is 7.51. The zero-order valence-corrected chi connectivity index (χ0v) is 8.33. The molecule has 0 fully saturated rings. The minimum Gasteiger partial charge on any atom is -0.298 e. The highest BCUT2D eigenvalue weighted by Crippen LogP contribution is 2.02. The van der Waals surface area contributed by atoms with Crippen molar-refractivity contribution in [2.45, 2.75) is 25.7 Å². The van der Waals surface area contributed by atoms with Gasteiger partial charge in [0.2, 0.25) is 0 Å². The van der Waals surface area contributed by atoms with Crippen LogP contribution in [0.4, 0.5) is 0 Å². The molecule has 0 aromatic carbocycles. The van der Waals surface area contributed by atoms with E-state index >= 15 is 0 Å². The molecule has 0 radical (unpaired) electrons. The van der Waals surface area contributed by atoms with Gasteiger partial charge in [-0.1, -0.05) is 0 Å². The summed E-state index contributed by atoms with van der Waals surface area (Å²) >= 11 is 10.6. The molecule has 2 nitrogen and oxygen atoms in total. The second kappa shape index (κ2) is 7.56. The molecule has 0 aromatic heterocycles. The standard InChI is InChI=1S/C8H12Cl2O2/c9-5-7(11)3-1-2-4-8(12)6-10/h1-6H2. The van der Waals surface area contributed by atoms with E-state index in [0.717, 1.165) is 12.8 Å². The van der Waals surface area contributed by atoms with Crippen molar-refractivity contribution >= 4 is 34.8 Å². The number of hydrogen-bond donors (Lipinski definition) is 0. The lowest BCUT2D eigenvalue weighted by molar-refractivity contribution is -0.118. The highest BCUT2D eigenvalue weighted by molar-refractivity contribution is 6.28. The third kappa shape index (κ3) is 6.62. The SMILES string of the molecule is O=C(CCl)CCCCC(=O)CCl. The first-order valence-electron chi connectivity index (χ1n) is 3.86. The number of Topliss-reactive ketones (excluding diaryl/α,β-unsaturated/α-hetero) is 2. The zero-order chi connectivity index (χ0) is 9.40. The highest BCUT2D eigenvalue weighted by atomic mass is 35.5. The van der Waals surface area contributed by atoms with E-state index in [4.69, 9.17) is 23.2 Å². The van der Waals surface area contributed by atoms with Gasteiger partial charge in [-0.05, 0) is 12.8 Å². The first-order valence-corrected chi connectivity index (χ1v) is 4.93. The highest BCUT2D eigenvalue weighted by Gasteiger charge is 2.01. The molecule has 0 amide bonds. The van der Waals surface area contributed by atoms with Crippen LogP contribution in [0.2, 0.25) is 0 Å². The lowest BCUT2D eigenvalue weighted by Gasteiger charge is -1.96. The molecule has 0 atom stereocenters. The van der Waals surface area contributed by atoms with Crippen LogP contribution in [0, 0.1) is 0 Å². The third-order valence-electron chi connectivity index (χ3n) is 1.46. The first-order chi connectivity index (χ1) is 5.70. The van der Waals surface area contributed by atoms with Gasteiger partial charge in [0.25, 0.3) is 0 Å². The van der Waals surface area contributed by atoms with Crippen molar-refractivity contribution in [3.05, 3.63) is 0 Å². The van der Waals surface area contributed by atoms with E-state index in [9.17, 15) is 9.59 Å². The maximum Gasteiger partial charge on any atom is 0.147 e. The molecule has 0 unspecified atom stereocenters. The zero-order valence-electron chi connectivity index (χ0n) is 6.82. The number of ketones is 2. The number of rotatable bonds is 7. The summed E-state index contributed by atoms with van der Waals surface area (Å²) in [5.74, 6) is 0.220. The molecule has 0 aliphatic heterocycles. The van der Waals surface area contributed by atoms with Gasteiger partial charge in [0.15, 0.2) is 0 Å². The largest absolute Gasteiger partial charge is 0.298 e. The molecule has 0 heterocycles. The summed E-state index contributed by atoms with van der Waals surface area (Å²) < 4.78 is 0. The van der Waals surface area contributed by atoms with Crippen LogP contribution in [0.5, 0.6) is 0 Å². The van der Waals surface area contributed by atoms with Gasteiger partial charge >= 0.3 is 0 Å². The van der Waals surface area contributed by atoms with E-state index in [-0.39, 0.29) is 23.3 Å². The van der Waals surface area contributed by atoms with E-state index in [1.54, 1.807) is 0 Å². The Morgan fingerprint density at radius 2 is 1.17 bits per heavy atom. The van der Waals surface area contributed by atoms with Gasteiger partial charge in [-0.15, -0.1) is 23.2 Å². The quantitative estimate of drug-likeness (QED) is 0.477. The van der Waals surface area contributed by atoms with Crippen LogP contribution in [0.25, 0.3) is 0 Å². The monoisotopic (exact) mass is 210 g/mol. The summed E-state index contributed by atoms with van der Waals surface area (Å²) in [5.41, 5.74) is 0. The van der Waals surface area contributed by atoms with Crippen molar-refractivity contribution in [1.82, 2.24) is 0 Å². The van der Waals surface area contributed by atoms with Crippen molar-refractivity contribution in [3.63, 3.8) is 0 Å². The predicted molar refractivity (Wildman–Crippen MR) is 49.9 cm³/mol. The summed E-state index contributed by atoms with van der Waals surface area (Å²) in [6.07, 6.45) is 2.40. The second-order valence-corrected chi connectivity index (χ2v) is 3.09. The van der Waals surface area contributed by atoms with E-state index in [0.29, 0.717) is 12.8 Å². The van der Waals surface area contributed by atoms with Gasteiger partial charge in [0.1, 0.15) is 11.6 Å². The maximum absolute atomic E-state index is 10.7. The summed E-state index contributed by atoms with van der Waals surface area (Å²) in [6.45, 7) is 0. The third-order valence-corrected chi connectivity index (χ3v) is 2.06. The van der Waals surface area contributed by atoms with Gasteiger partial charge in [0, 0.05) is 12.8 Å². The van der Waals surface area contributed by atoms with Gasteiger partial charge in [-0.2, -0.15) is 0 Å². The smallest absolute Gasteiger partial charge is 0.147 e. The lowest BCUT2D eigenvalue weighted by Crippen LogP contribution is -2.01. The van der Waals surface area contributed by atoms with Crippen LogP contribution in [-0.4, -0.2) is 23.3 Å². The summed E-state index contributed by atoms with van der Waals surface area (Å²) in [5, 5.41) is 0. The molecule has 4 heteroatoms. The molecule has 70 valence electrons. The predicted octanol–water partition coefficient (Wildman–Crippen LogP) is 2.16. The molecule has 0 rings (SSSR count). The van der Waals surface area contributed by atoms with E-state index in [1.807, 2.05) is 0 Å². The van der Waals surface area contributed by atoms with Crippen LogP contribution < -0.4 is 0 Å². The van der Waals surface area contributed by atoms with Gasteiger partial charge in [0.05, 0.1) is 11.8 Å². The Hall–Kier alpha value is -0.0800. The van der Waals surface area contributed by atoms with Crippen LogP contribution in [0.15, 0.2) is 0 Å². The molecule has 0 saturated carbocycles. The molecule has 0 bridgehead atoms. The topological polar surface area (TPSA) is 34.1 Å². The van der Waals surface area contributed by atoms with Crippen molar-refractivity contribution < 1.29 is 9.59 Å². The fraction of sp³-hybridized carbons (Fsp3) is 0.750. The number of alkyl halides is 2. The van der Waals surface area contributed by atoms with Crippen LogP contribution >= 0.6 is 23.2 Å². The summed E-state index contributed by atoms with van der Waals surface area (Å²) in [6, 6.07) is 0. The van der Waals surface area contributed by atoms with Gasteiger partial charge < -0.3 is 0 Å². The fourth-order valence-electron chi connectivity index (χ4n) is 0.778. The number of hydrogen-bond acceptors (Lipinski definition) is 2. The minimum atomic E-state index is 0.0370. The first kappa shape index (κ1) is 11.9. The Morgan fingerprint density at radius 3 is 1.42 bits per heavy atom. The Balaban J connectivity index is 3.21. The number of carbonyl (C=O) groups excluding carboxylic acids is 2. The van der Waals surface area contributed by atoms with Crippen LogP contribution in [0.1, 0.15) is 25.7 Å². The van der Waals surface area contributed by atoms with E-state index < -0.39 is 0 Å². The number of halogens is 2. The van der Waals surface area contributed by atoms with E-state index in [2.05, 4.69) is 0 Å². The number of unbranched alkanes of at least 4 members (excludes halogenated alkanes) is 1. The summed E-state index contributed by atoms with van der Waals surface area (Å²) in [4.78, 5) is 21.4. The minimum absolute atomic E-state index is 0.0370. The lowest BCUT2D eigenvalue weighted by atomic mass is 10.1. The maximum atomic E-state index is 10.7. The Labute approximate surface area is 82.2 Å². The molecule has 0 N–H and O–H groups in total. The normalized spacial score (nSPS) is 9.83. The van der Waals surface area contributed by atoms with Gasteiger partial charge in [-0.3, -0.25) is 9.59 Å². The van der Waals surface area contributed by atoms with Crippen molar-refractivity contribution in [3.8, 4) is 0 Å².